The van der Waals surface area contributed by atoms with Crippen LogP contribution in [0.4, 0.5) is 5.82 Å². The Morgan fingerprint density at radius 3 is 2.71 bits per heavy atom. The largest absolute Gasteiger partial charge is 0.493 e. The summed E-state index contributed by atoms with van der Waals surface area (Å²) in [7, 11) is 1.56. The van der Waals surface area contributed by atoms with Crippen LogP contribution in [-0.4, -0.2) is 28.7 Å². The average Bonchev–Trinajstić information content (AvgIpc) is 2.51. The van der Waals surface area contributed by atoms with Crippen LogP contribution in [0.2, 0.25) is 0 Å². The van der Waals surface area contributed by atoms with Crippen LogP contribution in [0.5, 0.6) is 17.4 Å². The number of nitrogens with zero attached hydrogens (tertiary/aromatic N) is 2. The number of aromatic nitrogens is 2. The molecule has 0 aliphatic rings. The number of hydrogen-bond acceptors (Lipinski definition) is 6. The van der Waals surface area contributed by atoms with Gasteiger partial charge < -0.3 is 19.9 Å². The quantitative estimate of drug-likeness (QED) is 0.851. The first kappa shape index (κ1) is 15.1. The van der Waals surface area contributed by atoms with Crippen LogP contribution in [0.3, 0.4) is 0 Å². The minimum Gasteiger partial charge on any atom is -0.493 e. The molecule has 1 heterocycles. The van der Waals surface area contributed by atoms with Crippen LogP contribution in [0.25, 0.3) is 0 Å². The smallest absolute Gasteiger partial charge is 0.227 e. The summed E-state index contributed by atoms with van der Waals surface area (Å²) >= 11 is 0. The molecule has 6 nitrogen and oxygen atoms in total. The molecule has 0 radical (unpaired) electrons. The third kappa shape index (κ3) is 3.41. The summed E-state index contributed by atoms with van der Waals surface area (Å²) in [6.45, 7) is 4.61. The zero-order chi connectivity index (χ0) is 15.2. The molecule has 1 aromatic carbocycles. The Labute approximate surface area is 123 Å². The van der Waals surface area contributed by atoms with E-state index in [0.29, 0.717) is 17.4 Å². The van der Waals surface area contributed by atoms with Crippen molar-refractivity contribution in [1.29, 1.82) is 0 Å². The number of aliphatic hydroxyl groups is 1. The standard InChI is InChI=1S/C15H19N3O3/c1-4-16-14-10(2)15(18-9-17-14)21-12-6-5-11(8-19)7-13(12)20-3/h5-7,9,19H,4,8H2,1-3H3,(H,16,17,18). The van der Waals surface area contributed by atoms with Gasteiger partial charge in [-0.3, -0.25) is 0 Å². The van der Waals surface area contributed by atoms with Gasteiger partial charge in [0.25, 0.3) is 0 Å². The van der Waals surface area contributed by atoms with E-state index < -0.39 is 0 Å². The molecule has 0 fully saturated rings. The maximum atomic E-state index is 9.15. The lowest BCUT2D eigenvalue weighted by molar-refractivity contribution is 0.280. The number of aliphatic hydroxyl groups excluding tert-OH is 1. The highest BCUT2D eigenvalue weighted by atomic mass is 16.5. The van der Waals surface area contributed by atoms with E-state index in [2.05, 4.69) is 15.3 Å². The Morgan fingerprint density at radius 1 is 1.24 bits per heavy atom. The van der Waals surface area contributed by atoms with Crippen LogP contribution in [0, 0.1) is 6.92 Å². The number of rotatable bonds is 6. The van der Waals surface area contributed by atoms with Crippen molar-refractivity contribution < 1.29 is 14.6 Å². The van der Waals surface area contributed by atoms with Crippen LogP contribution in [-0.2, 0) is 6.61 Å². The molecule has 2 N–H and O–H groups in total. The van der Waals surface area contributed by atoms with E-state index in [1.165, 1.54) is 6.33 Å². The Kier molecular flexibility index (Phi) is 4.94. The molecule has 0 bridgehead atoms. The molecule has 0 atom stereocenters. The van der Waals surface area contributed by atoms with Crippen molar-refractivity contribution in [3.63, 3.8) is 0 Å². The van der Waals surface area contributed by atoms with E-state index in [9.17, 15) is 0 Å². The average molecular weight is 289 g/mol. The van der Waals surface area contributed by atoms with Crippen molar-refractivity contribution in [3.8, 4) is 17.4 Å². The molecule has 0 aliphatic heterocycles. The molecule has 21 heavy (non-hydrogen) atoms. The van der Waals surface area contributed by atoms with Crippen molar-refractivity contribution in [2.75, 3.05) is 19.0 Å². The third-order valence-corrected chi connectivity index (χ3v) is 3.00. The lowest BCUT2D eigenvalue weighted by Gasteiger charge is -2.13. The highest BCUT2D eigenvalue weighted by Crippen LogP contribution is 2.33. The molecule has 6 heteroatoms. The van der Waals surface area contributed by atoms with Gasteiger partial charge in [-0.25, -0.2) is 9.97 Å². The monoisotopic (exact) mass is 289 g/mol. The zero-order valence-electron chi connectivity index (χ0n) is 12.4. The minimum absolute atomic E-state index is 0.0479. The Morgan fingerprint density at radius 2 is 2.05 bits per heavy atom. The lowest BCUT2D eigenvalue weighted by Crippen LogP contribution is -2.04. The second-order valence-electron chi connectivity index (χ2n) is 4.43. The number of methoxy groups -OCH3 is 1. The second-order valence-corrected chi connectivity index (χ2v) is 4.43. The second kappa shape index (κ2) is 6.90. The molecule has 2 rings (SSSR count). The minimum atomic E-state index is -0.0479. The van der Waals surface area contributed by atoms with E-state index >= 15 is 0 Å². The van der Waals surface area contributed by atoms with E-state index in [0.717, 1.165) is 23.5 Å². The van der Waals surface area contributed by atoms with Crippen LogP contribution >= 0.6 is 0 Å². The molecular formula is C15H19N3O3. The van der Waals surface area contributed by atoms with E-state index in [4.69, 9.17) is 14.6 Å². The highest BCUT2D eigenvalue weighted by molar-refractivity contribution is 5.50. The van der Waals surface area contributed by atoms with Crippen LogP contribution in [0.1, 0.15) is 18.1 Å². The molecule has 0 saturated heterocycles. The number of ether oxygens (including phenoxy) is 2. The Balaban J connectivity index is 2.32. The summed E-state index contributed by atoms with van der Waals surface area (Å²) in [5.74, 6) is 2.30. The van der Waals surface area contributed by atoms with Crippen LogP contribution in [0.15, 0.2) is 24.5 Å². The van der Waals surface area contributed by atoms with Crippen LogP contribution < -0.4 is 14.8 Å². The van der Waals surface area contributed by atoms with Gasteiger partial charge in [-0.1, -0.05) is 6.07 Å². The molecule has 1 aromatic heterocycles. The molecule has 0 unspecified atom stereocenters. The predicted octanol–water partition coefficient (Wildman–Crippen LogP) is 2.51. The fourth-order valence-corrected chi connectivity index (χ4v) is 1.88. The first-order valence-corrected chi connectivity index (χ1v) is 6.70. The molecule has 0 spiro atoms. The van der Waals surface area contributed by atoms with Crippen molar-refractivity contribution >= 4 is 5.82 Å². The van der Waals surface area contributed by atoms with E-state index in [1.54, 1.807) is 25.3 Å². The van der Waals surface area contributed by atoms with Gasteiger partial charge in [-0.05, 0) is 31.5 Å². The molecule has 0 saturated carbocycles. The van der Waals surface area contributed by atoms with Gasteiger partial charge in [-0.15, -0.1) is 0 Å². The van der Waals surface area contributed by atoms with Crippen molar-refractivity contribution in [1.82, 2.24) is 9.97 Å². The zero-order valence-corrected chi connectivity index (χ0v) is 12.4. The Hall–Kier alpha value is -2.34. The molecular weight excluding hydrogens is 270 g/mol. The van der Waals surface area contributed by atoms with Gasteiger partial charge in [0.15, 0.2) is 11.5 Å². The predicted molar refractivity (Wildman–Crippen MR) is 79.9 cm³/mol. The summed E-state index contributed by atoms with van der Waals surface area (Å²) in [5.41, 5.74) is 1.58. The number of benzene rings is 1. The van der Waals surface area contributed by atoms with Gasteiger partial charge in [0.1, 0.15) is 12.1 Å². The van der Waals surface area contributed by atoms with Gasteiger partial charge in [-0.2, -0.15) is 0 Å². The number of nitrogens with one attached hydrogen (secondary N) is 1. The molecule has 0 aliphatic carbocycles. The Bertz CT molecular complexity index is 617. The fraction of sp³-hybridized carbons (Fsp3) is 0.333. The lowest BCUT2D eigenvalue weighted by atomic mass is 10.2. The normalized spacial score (nSPS) is 10.3. The summed E-state index contributed by atoms with van der Waals surface area (Å²) in [5, 5.41) is 12.3. The highest BCUT2D eigenvalue weighted by Gasteiger charge is 2.12. The number of anilines is 1. The summed E-state index contributed by atoms with van der Waals surface area (Å²) in [4.78, 5) is 8.33. The first-order chi connectivity index (χ1) is 10.2. The van der Waals surface area contributed by atoms with Crippen molar-refractivity contribution in [2.24, 2.45) is 0 Å². The van der Waals surface area contributed by atoms with Gasteiger partial charge in [0, 0.05) is 6.54 Å². The topological polar surface area (TPSA) is 76.5 Å². The third-order valence-electron chi connectivity index (χ3n) is 3.00. The summed E-state index contributed by atoms with van der Waals surface area (Å²) < 4.78 is 11.1. The maximum Gasteiger partial charge on any atom is 0.227 e. The van der Waals surface area contributed by atoms with Gasteiger partial charge in [0.05, 0.1) is 19.3 Å². The molecule has 2 aromatic rings. The maximum absolute atomic E-state index is 9.15. The first-order valence-electron chi connectivity index (χ1n) is 6.70. The van der Waals surface area contributed by atoms with Gasteiger partial charge >= 0.3 is 0 Å². The summed E-state index contributed by atoms with van der Waals surface area (Å²) in [6, 6.07) is 5.26. The SMILES string of the molecule is CCNc1ncnc(Oc2ccc(CO)cc2OC)c1C. The van der Waals surface area contributed by atoms with Gasteiger partial charge in [0.2, 0.25) is 5.88 Å². The number of hydrogen-bond donors (Lipinski definition) is 2. The fourth-order valence-electron chi connectivity index (χ4n) is 1.88. The van der Waals surface area contributed by atoms with Crippen molar-refractivity contribution in [3.05, 3.63) is 35.7 Å². The summed E-state index contributed by atoms with van der Waals surface area (Å²) in [6.07, 6.45) is 1.45. The van der Waals surface area contributed by atoms with Crippen molar-refractivity contribution in [2.45, 2.75) is 20.5 Å². The molecule has 112 valence electrons. The molecule has 0 amide bonds. The van der Waals surface area contributed by atoms with E-state index in [1.807, 2.05) is 13.8 Å². The van der Waals surface area contributed by atoms with E-state index in [-0.39, 0.29) is 6.61 Å².